The molecular formula is C11H22N2O2S. The predicted octanol–water partition coefficient (Wildman–Crippen LogP) is 1.62. The first-order valence-electron chi connectivity index (χ1n) is 5.88. The lowest BCUT2D eigenvalue weighted by Crippen LogP contribution is -2.46. The normalized spacial score (nSPS) is 18.9. The van der Waals surface area contributed by atoms with Crippen molar-refractivity contribution in [2.24, 2.45) is 0 Å². The molecular weight excluding hydrogens is 224 g/mol. The van der Waals surface area contributed by atoms with Gasteiger partial charge in [0.25, 0.3) is 10.2 Å². The third-order valence-corrected chi connectivity index (χ3v) is 4.82. The van der Waals surface area contributed by atoms with Crippen molar-refractivity contribution >= 4 is 10.2 Å². The number of piperidine rings is 1. The third-order valence-electron chi connectivity index (χ3n) is 2.77. The van der Waals surface area contributed by atoms with Crippen molar-refractivity contribution < 1.29 is 8.42 Å². The van der Waals surface area contributed by atoms with E-state index < -0.39 is 10.2 Å². The van der Waals surface area contributed by atoms with Crippen molar-refractivity contribution in [3.8, 4) is 0 Å². The Bertz CT molecular complexity index is 332. The first-order valence-corrected chi connectivity index (χ1v) is 7.27. The number of rotatable bonds is 5. The lowest BCUT2D eigenvalue weighted by atomic mass is 10.2. The highest BCUT2D eigenvalue weighted by molar-refractivity contribution is 7.86. The molecule has 94 valence electrons. The highest BCUT2D eigenvalue weighted by atomic mass is 32.2. The fraction of sp³-hybridized carbons (Fsp3) is 0.818. The molecule has 16 heavy (non-hydrogen) atoms. The topological polar surface area (TPSA) is 40.6 Å². The van der Waals surface area contributed by atoms with Crippen molar-refractivity contribution in [3.63, 3.8) is 0 Å². The van der Waals surface area contributed by atoms with E-state index in [0.717, 1.165) is 24.8 Å². The molecule has 5 heteroatoms. The molecule has 4 nitrogen and oxygen atoms in total. The summed E-state index contributed by atoms with van der Waals surface area (Å²) >= 11 is 0. The smallest absolute Gasteiger partial charge is 0.195 e. The Morgan fingerprint density at radius 3 is 2.31 bits per heavy atom. The highest BCUT2D eigenvalue weighted by Gasteiger charge is 2.29. The Morgan fingerprint density at radius 1 is 1.31 bits per heavy atom. The van der Waals surface area contributed by atoms with Gasteiger partial charge in [0.15, 0.2) is 0 Å². The van der Waals surface area contributed by atoms with Crippen LogP contribution in [0, 0.1) is 0 Å². The molecule has 0 aromatic carbocycles. The molecule has 0 saturated carbocycles. The van der Waals surface area contributed by atoms with Gasteiger partial charge in [0.2, 0.25) is 0 Å². The van der Waals surface area contributed by atoms with Crippen molar-refractivity contribution in [1.82, 2.24) is 8.61 Å². The van der Waals surface area contributed by atoms with E-state index >= 15 is 0 Å². The van der Waals surface area contributed by atoms with E-state index in [1.54, 1.807) is 4.31 Å². The van der Waals surface area contributed by atoms with Crippen LogP contribution in [0.1, 0.15) is 33.1 Å². The van der Waals surface area contributed by atoms with Gasteiger partial charge in [-0.2, -0.15) is 17.0 Å². The van der Waals surface area contributed by atoms with Crippen LogP contribution >= 0.6 is 0 Å². The molecule has 0 amide bonds. The number of nitrogens with zero attached hydrogens (tertiary/aromatic N) is 2. The van der Waals surface area contributed by atoms with E-state index in [-0.39, 0.29) is 0 Å². The van der Waals surface area contributed by atoms with Gasteiger partial charge in [-0.25, -0.2) is 0 Å². The van der Waals surface area contributed by atoms with Crippen LogP contribution < -0.4 is 0 Å². The molecule has 0 radical (unpaired) electrons. The minimum atomic E-state index is -3.26. The van der Waals surface area contributed by atoms with Gasteiger partial charge in [-0.3, -0.25) is 0 Å². The van der Waals surface area contributed by atoms with Gasteiger partial charge < -0.3 is 0 Å². The summed E-state index contributed by atoms with van der Waals surface area (Å²) in [6, 6.07) is 0. The van der Waals surface area contributed by atoms with Crippen LogP contribution in [0.25, 0.3) is 0 Å². The Hall–Kier alpha value is -0.390. The molecule has 0 aliphatic carbocycles. The van der Waals surface area contributed by atoms with Gasteiger partial charge in [-0.05, 0) is 19.8 Å². The average molecular weight is 246 g/mol. The van der Waals surface area contributed by atoms with Crippen molar-refractivity contribution in [1.29, 1.82) is 0 Å². The molecule has 1 aliphatic heterocycles. The quantitative estimate of drug-likeness (QED) is 0.692. The van der Waals surface area contributed by atoms with Crippen LogP contribution in [0.2, 0.25) is 0 Å². The van der Waals surface area contributed by atoms with E-state index in [1.807, 2.05) is 13.8 Å². The average Bonchev–Trinajstić information content (AvgIpc) is 2.26. The fourth-order valence-corrected chi connectivity index (χ4v) is 3.67. The van der Waals surface area contributed by atoms with Crippen molar-refractivity contribution in [2.75, 3.05) is 26.2 Å². The van der Waals surface area contributed by atoms with Crippen molar-refractivity contribution in [3.05, 3.63) is 12.2 Å². The van der Waals surface area contributed by atoms with Crippen LogP contribution in [-0.4, -0.2) is 43.2 Å². The second kappa shape index (κ2) is 5.80. The Balaban J connectivity index is 2.76. The first kappa shape index (κ1) is 13.7. The van der Waals surface area contributed by atoms with Crippen LogP contribution in [0.4, 0.5) is 0 Å². The zero-order valence-electron chi connectivity index (χ0n) is 10.3. The van der Waals surface area contributed by atoms with Gasteiger partial charge in [0.1, 0.15) is 0 Å². The highest BCUT2D eigenvalue weighted by Crippen LogP contribution is 2.16. The number of hydrogen-bond donors (Lipinski definition) is 0. The molecule has 0 atom stereocenters. The zero-order chi connectivity index (χ0) is 12.2. The molecule has 1 fully saturated rings. The summed E-state index contributed by atoms with van der Waals surface area (Å²) in [5.41, 5.74) is 0.877. The molecule has 1 heterocycles. The monoisotopic (exact) mass is 246 g/mol. The van der Waals surface area contributed by atoms with Gasteiger partial charge in [-0.1, -0.05) is 25.5 Å². The molecule has 0 bridgehead atoms. The zero-order valence-corrected chi connectivity index (χ0v) is 11.1. The lowest BCUT2D eigenvalue weighted by Gasteiger charge is -2.31. The molecule has 1 saturated heterocycles. The van der Waals surface area contributed by atoms with E-state index in [4.69, 9.17) is 0 Å². The molecule has 0 unspecified atom stereocenters. The third kappa shape index (κ3) is 3.30. The van der Waals surface area contributed by atoms with E-state index in [9.17, 15) is 8.42 Å². The van der Waals surface area contributed by atoms with Crippen LogP contribution in [-0.2, 0) is 10.2 Å². The second-order valence-corrected chi connectivity index (χ2v) is 6.28. The SMILES string of the molecule is C=C(C)CN(CC)S(=O)(=O)N1CCCCC1. The summed E-state index contributed by atoms with van der Waals surface area (Å²) in [7, 11) is -3.26. The van der Waals surface area contributed by atoms with Crippen LogP contribution in [0.3, 0.4) is 0 Å². The van der Waals surface area contributed by atoms with Gasteiger partial charge in [0, 0.05) is 26.2 Å². The molecule has 0 aromatic heterocycles. The molecule has 0 N–H and O–H groups in total. The summed E-state index contributed by atoms with van der Waals surface area (Å²) in [4.78, 5) is 0. The van der Waals surface area contributed by atoms with E-state index in [2.05, 4.69) is 6.58 Å². The van der Waals surface area contributed by atoms with Crippen molar-refractivity contribution in [2.45, 2.75) is 33.1 Å². The summed E-state index contributed by atoms with van der Waals surface area (Å²) in [5, 5.41) is 0. The molecule has 0 spiro atoms. The Kier molecular flexibility index (Phi) is 4.95. The maximum atomic E-state index is 12.3. The van der Waals surface area contributed by atoms with Crippen LogP contribution in [0.15, 0.2) is 12.2 Å². The lowest BCUT2D eigenvalue weighted by molar-refractivity contribution is 0.311. The standard InChI is InChI=1S/C11H22N2O2S/c1-4-12(10-11(2)3)16(14,15)13-8-6-5-7-9-13/h2,4-10H2,1,3H3. The minimum Gasteiger partial charge on any atom is -0.195 e. The summed E-state index contributed by atoms with van der Waals surface area (Å²) in [5.74, 6) is 0. The number of likely N-dealkylation sites (N-methyl/N-ethyl adjacent to an activating group) is 1. The first-order chi connectivity index (χ1) is 7.48. The predicted molar refractivity (Wildman–Crippen MR) is 66.4 cm³/mol. The van der Waals surface area contributed by atoms with Gasteiger partial charge >= 0.3 is 0 Å². The maximum Gasteiger partial charge on any atom is 0.282 e. The molecule has 1 rings (SSSR count). The second-order valence-electron chi connectivity index (χ2n) is 4.35. The van der Waals surface area contributed by atoms with E-state index in [0.29, 0.717) is 26.2 Å². The Labute approximate surface area is 99.1 Å². The number of hydrogen-bond acceptors (Lipinski definition) is 2. The summed E-state index contributed by atoms with van der Waals surface area (Å²) < 4.78 is 27.6. The van der Waals surface area contributed by atoms with Gasteiger partial charge in [0.05, 0.1) is 0 Å². The largest absolute Gasteiger partial charge is 0.282 e. The van der Waals surface area contributed by atoms with Gasteiger partial charge in [-0.15, -0.1) is 0 Å². The Morgan fingerprint density at radius 2 is 1.88 bits per heavy atom. The fourth-order valence-electron chi connectivity index (χ4n) is 1.92. The maximum absolute atomic E-state index is 12.3. The summed E-state index contributed by atoms with van der Waals surface area (Å²) in [6.07, 6.45) is 3.09. The van der Waals surface area contributed by atoms with E-state index in [1.165, 1.54) is 4.31 Å². The minimum absolute atomic E-state index is 0.426. The molecule has 0 aromatic rings. The van der Waals surface area contributed by atoms with Crippen LogP contribution in [0.5, 0.6) is 0 Å². The molecule has 1 aliphatic rings. The summed E-state index contributed by atoms with van der Waals surface area (Å²) in [6.45, 7) is 9.75.